The summed E-state index contributed by atoms with van der Waals surface area (Å²) in [5.41, 5.74) is 1.23. The summed E-state index contributed by atoms with van der Waals surface area (Å²) in [6, 6.07) is 19.6. The van der Waals surface area contributed by atoms with Gasteiger partial charge in [0.05, 0.1) is 16.1 Å². The van der Waals surface area contributed by atoms with Gasteiger partial charge in [0.15, 0.2) is 0 Å². The van der Waals surface area contributed by atoms with E-state index in [1.165, 1.54) is 16.2 Å². The van der Waals surface area contributed by atoms with Crippen molar-refractivity contribution in [1.82, 2.24) is 4.90 Å². The van der Waals surface area contributed by atoms with Crippen LogP contribution in [0.1, 0.15) is 30.4 Å². The highest BCUT2D eigenvalue weighted by molar-refractivity contribution is 14.1. The number of fused-ring (bicyclic) bond motifs is 2. The molecule has 2 heterocycles. The van der Waals surface area contributed by atoms with Crippen molar-refractivity contribution in [2.24, 2.45) is 0 Å². The minimum Gasteiger partial charge on any atom is -0.289 e. The molecule has 0 fully saturated rings. The third-order valence-electron chi connectivity index (χ3n) is 5.33. The first-order valence-electron chi connectivity index (χ1n) is 9.75. The Morgan fingerprint density at radius 3 is 2.27 bits per heavy atom. The first kappa shape index (κ1) is 22.5. The number of carbonyl (C=O) groups excluding carboxylic acids is 3. The molecule has 0 bridgehead atoms. The lowest BCUT2D eigenvalue weighted by Gasteiger charge is -2.27. The van der Waals surface area contributed by atoms with Crippen LogP contribution in [0.2, 0.25) is 5.02 Å². The van der Waals surface area contributed by atoms with Gasteiger partial charge >= 0.3 is 0 Å². The predicted molar refractivity (Wildman–Crippen MR) is 142 cm³/mol. The van der Waals surface area contributed by atoms with E-state index in [-0.39, 0.29) is 12.6 Å². The summed E-state index contributed by atoms with van der Waals surface area (Å²) < 4.78 is 2.74. The maximum absolute atomic E-state index is 13.8. The van der Waals surface area contributed by atoms with Crippen LogP contribution in [0, 0.1) is 3.57 Å². The molecule has 0 saturated carbocycles. The number of nitrogens with zero attached hydrogens (tertiary/aromatic N) is 2. The summed E-state index contributed by atoms with van der Waals surface area (Å²) in [4.78, 5) is 42.6. The molecule has 5 nitrogen and oxygen atoms in total. The number of benzene rings is 3. The molecule has 3 aromatic carbocycles. The van der Waals surface area contributed by atoms with Crippen LogP contribution in [0.25, 0.3) is 10.1 Å². The van der Waals surface area contributed by atoms with Crippen LogP contribution < -0.4 is 4.90 Å². The molecule has 0 atom stereocenters. The fourth-order valence-corrected chi connectivity index (χ4v) is 6.06. The first-order valence-corrected chi connectivity index (χ1v) is 12.8. The van der Waals surface area contributed by atoms with Crippen LogP contribution >= 0.6 is 61.5 Å². The van der Waals surface area contributed by atoms with Crippen LogP contribution in [-0.2, 0) is 0 Å². The standard InChI is InChI=1S/C24H13BrClIN2O3S/c25-13-5-10-18-19(11-13)33-21(20(18)26)24(32)28(15-8-6-14(27)7-9-15)12-29-22(30)16-3-1-2-4-17(16)23(29)31/h1-11H,12H2. The second kappa shape index (κ2) is 8.83. The molecule has 0 spiro atoms. The number of amides is 3. The molecule has 5 rings (SSSR count). The Kier molecular flexibility index (Phi) is 6.02. The lowest BCUT2D eigenvalue weighted by Crippen LogP contribution is -2.44. The van der Waals surface area contributed by atoms with E-state index in [2.05, 4.69) is 38.5 Å². The molecule has 0 N–H and O–H groups in total. The second-order valence-corrected chi connectivity index (χ2v) is 10.9. The molecular weight excluding hydrogens is 639 g/mol. The van der Waals surface area contributed by atoms with Gasteiger partial charge in [-0.05, 0) is 71.1 Å². The minimum absolute atomic E-state index is 0.222. The zero-order valence-electron chi connectivity index (χ0n) is 16.7. The van der Waals surface area contributed by atoms with Gasteiger partial charge < -0.3 is 0 Å². The maximum atomic E-state index is 13.8. The molecule has 1 aromatic heterocycles. The normalized spacial score (nSPS) is 13.0. The lowest BCUT2D eigenvalue weighted by atomic mass is 10.1. The first-order chi connectivity index (χ1) is 15.8. The van der Waals surface area contributed by atoms with Crippen LogP contribution in [0.3, 0.4) is 0 Å². The van der Waals surface area contributed by atoms with E-state index >= 15 is 0 Å². The summed E-state index contributed by atoms with van der Waals surface area (Å²) in [5, 5.41) is 1.13. The molecule has 1 aliphatic rings. The van der Waals surface area contributed by atoms with Gasteiger partial charge in [0.25, 0.3) is 17.7 Å². The average Bonchev–Trinajstić information content (AvgIpc) is 3.26. The highest BCUT2D eigenvalue weighted by Crippen LogP contribution is 2.38. The quantitative estimate of drug-likeness (QED) is 0.180. The largest absolute Gasteiger partial charge is 0.289 e. The van der Waals surface area contributed by atoms with Gasteiger partial charge in [-0.25, -0.2) is 0 Å². The van der Waals surface area contributed by atoms with Crippen LogP contribution in [0.15, 0.2) is 71.2 Å². The van der Waals surface area contributed by atoms with Crippen molar-refractivity contribution in [3.8, 4) is 0 Å². The fourth-order valence-electron chi connectivity index (χ4n) is 3.69. The number of rotatable bonds is 4. The lowest BCUT2D eigenvalue weighted by molar-refractivity contribution is 0.0650. The second-order valence-electron chi connectivity index (χ2n) is 7.32. The zero-order valence-corrected chi connectivity index (χ0v) is 22.0. The van der Waals surface area contributed by atoms with Crippen LogP contribution in [0.4, 0.5) is 5.69 Å². The van der Waals surface area contributed by atoms with Crippen molar-refractivity contribution in [1.29, 1.82) is 0 Å². The summed E-state index contributed by atoms with van der Waals surface area (Å²) in [6.07, 6.45) is 0. The number of carbonyl (C=O) groups is 3. The monoisotopic (exact) mass is 650 g/mol. The van der Waals surface area contributed by atoms with Crippen LogP contribution in [-0.4, -0.2) is 29.3 Å². The summed E-state index contributed by atoms with van der Waals surface area (Å²) in [6.45, 7) is -0.222. The third-order valence-corrected chi connectivity index (χ3v) is 8.19. The average molecular weight is 652 g/mol. The SMILES string of the molecule is O=C1c2ccccc2C(=O)N1CN(C(=O)c1sc2cc(Br)ccc2c1Cl)c1ccc(I)cc1. The molecule has 1 aliphatic heterocycles. The molecule has 3 amide bonds. The number of hydrogen-bond acceptors (Lipinski definition) is 4. The Morgan fingerprint density at radius 2 is 1.64 bits per heavy atom. The Balaban J connectivity index is 1.57. The topological polar surface area (TPSA) is 57.7 Å². The van der Waals surface area contributed by atoms with Crippen molar-refractivity contribution in [2.45, 2.75) is 0 Å². The Hall–Kier alpha value is -2.27. The van der Waals surface area contributed by atoms with Crippen LogP contribution in [0.5, 0.6) is 0 Å². The van der Waals surface area contributed by atoms with Gasteiger partial charge in [-0.2, -0.15) is 0 Å². The Labute approximate surface area is 220 Å². The Bertz CT molecular complexity index is 1420. The maximum Gasteiger partial charge on any atom is 0.271 e. The molecule has 0 saturated heterocycles. The molecule has 9 heteroatoms. The Morgan fingerprint density at radius 1 is 1.00 bits per heavy atom. The van der Waals surface area contributed by atoms with E-state index < -0.39 is 11.8 Å². The fraction of sp³-hybridized carbons (Fsp3) is 0.0417. The zero-order chi connectivity index (χ0) is 23.3. The number of hydrogen-bond donors (Lipinski definition) is 0. The predicted octanol–water partition coefficient (Wildman–Crippen LogP) is 6.82. The summed E-state index contributed by atoms with van der Waals surface area (Å²) >= 11 is 13.5. The molecule has 0 radical (unpaired) electrons. The van der Waals surface area contributed by atoms with Crippen molar-refractivity contribution < 1.29 is 14.4 Å². The van der Waals surface area contributed by atoms with E-state index in [9.17, 15) is 14.4 Å². The van der Waals surface area contributed by atoms with Crippen molar-refractivity contribution >= 4 is 95.0 Å². The summed E-state index contributed by atoms with van der Waals surface area (Å²) in [5.74, 6) is -1.23. The smallest absolute Gasteiger partial charge is 0.271 e. The van der Waals surface area contributed by atoms with Crippen molar-refractivity contribution in [3.63, 3.8) is 0 Å². The number of halogens is 3. The van der Waals surface area contributed by atoms with E-state index in [1.54, 1.807) is 36.4 Å². The van der Waals surface area contributed by atoms with Gasteiger partial charge in [0.1, 0.15) is 11.5 Å². The highest BCUT2D eigenvalue weighted by Gasteiger charge is 2.38. The van der Waals surface area contributed by atoms with Gasteiger partial charge in [-0.15, -0.1) is 11.3 Å². The van der Waals surface area contributed by atoms with E-state index in [1.807, 2.05) is 30.3 Å². The van der Waals surface area contributed by atoms with Gasteiger partial charge in [-0.1, -0.05) is 45.7 Å². The molecule has 4 aromatic rings. The van der Waals surface area contributed by atoms with E-state index in [4.69, 9.17) is 11.6 Å². The highest BCUT2D eigenvalue weighted by atomic mass is 127. The molecule has 164 valence electrons. The third kappa shape index (κ3) is 3.99. The molecular formula is C24H13BrClIN2O3S. The minimum atomic E-state index is -0.426. The van der Waals surface area contributed by atoms with Gasteiger partial charge in [-0.3, -0.25) is 24.2 Å². The van der Waals surface area contributed by atoms with Crippen molar-refractivity contribution in [3.05, 3.63) is 95.8 Å². The van der Waals surface area contributed by atoms with E-state index in [0.29, 0.717) is 26.7 Å². The van der Waals surface area contributed by atoms with E-state index in [0.717, 1.165) is 23.0 Å². The summed E-state index contributed by atoms with van der Waals surface area (Å²) in [7, 11) is 0. The molecule has 0 unspecified atom stereocenters. The molecule has 0 aliphatic carbocycles. The van der Waals surface area contributed by atoms with Crippen molar-refractivity contribution in [2.75, 3.05) is 11.6 Å². The number of anilines is 1. The van der Waals surface area contributed by atoms with Gasteiger partial charge in [0.2, 0.25) is 0 Å². The van der Waals surface area contributed by atoms with Gasteiger partial charge in [0, 0.05) is 23.8 Å². The number of imide groups is 1. The number of thiophene rings is 1. The molecule has 33 heavy (non-hydrogen) atoms.